The van der Waals surface area contributed by atoms with Gasteiger partial charge in [0.2, 0.25) is 5.91 Å². The molecule has 6 heteroatoms. The molecule has 0 bridgehead atoms. The van der Waals surface area contributed by atoms with E-state index in [4.69, 9.17) is 0 Å². The predicted octanol–water partition coefficient (Wildman–Crippen LogP) is 2.44. The summed E-state index contributed by atoms with van der Waals surface area (Å²) in [5, 5.41) is 10.3. The molecule has 0 atom stereocenters. The van der Waals surface area contributed by atoms with Crippen LogP contribution in [-0.2, 0) is 11.8 Å². The van der Waals surface area contributed by atoms with Gasteiger partial charge in [0.05, 0.1) is 18.4 Å². The minimum Gasteiger partial charge on any atom is -0.353 e. The number of hydrogen-bond donors (Lipinski definition) is 2. The van der Waals surface area contributed by atoms with Crippen molar-refractivity contribution in [3.63, 3.8) is 0 Å². The first-order valence-corrected chi connectivity index (χ1v) is 7.30. The number of nitrogens with zero attached hydrogens (tertiary/aromatic N) is 3. The average molecular weight is 301 g/mol. The lowest BCUT2D eigenvalue weighted by Gasteiger charge is -2.20. The van der Waals surface area contributed by atoms with Gasteiger partial charge in [-0.1, -0.05) is 6.07 Å². The van der Waals surface area contributed by atoms with Crippen LogP contribution in [0.15, 0.2) is 36.7 Å². The third-order valence-electron chi connectivity index (χ3n) is 3.41. The standard InChI is InChI=1S/C16H23N5O/c1-12(2)20(3)11-16(22)19-14-7-5-6-13(8-14)18-15-9-17-21(4)10-15/h5-10,12,18H,11H2,1-4H3,(H,19,22). The summed E-state index contributed by atoms with van der Waals surface area (Å²) in [6.07, 6.45) is 3.64. The highest BCUT2D eigenvalue weighted by atomic mass is 16.2. The summed E-state index contributed by atoms with van der Waals surface area (Å²) in [5.74, 6) is -0.0188. The SMILES string of the molecule is CC(C)N(C)CC(=O)Nc1cccc(Nc2cnn(C)c2)c1. The predicted molar refractivity (Wildman–Crippen MR) is 89.3 cm³/mol. The van der Waals surface area contributed by atoms with Gasteiger partial charge in [-0.3, -0.25) is 14.4 Å². The number of benzene rings is 1. The average Bonchev–Trinajstić information content (AvgIpc) is 2.84. The van der Waals surface area contributed by atoms with Gasteiger partial charge in [0, 0.05) is 30.7 Å². The molecule has 0 saturated carbocycles. The lowest BCUT2D eigenvalue weighted by atomic mass is 10.2. The van der Waals surface area contributed by atoms with E-state index in [1.165, 1.54) is 0 Å². The molecule has 0 spiro atoms. The molecule has 0 aliphatic carbocycles. The zero-order valence-corrected chi connectivity index (χ0v) is 13.5. The van der Waals surface area contributed by atoms with Gasteiger partial charge in [0.1, 0.15) is 0 Å². The molecule has 1 heterocycles. The number of rotatable bonds is 6. The number of hydrogen-bond acceptors (Lipinski definition) is 4. The van der Waals surface area contributed by atoms with Crippen molar-refractivity contribution in [3.05, 3.63) is 36.7 Å². The molecule has 6 nitrogen and oxygen atoms in total. The van der Waals surface area contributed by atoms with Crippen LogP contribution < -0.4 is 10.6 Å². The van der Waals surface area contributed by atoms with E-state index in [9.17, 15) is 4.79 Å². The zero-order chi connectivity index (χ0) is 16.1. The van der Waals surface area contributed by atoms with Crippen LogP contribution in [0.25, 0.3) is 0 Å². The first-order chi connectivity index (χ1) is 10.4. The fraction of sp³-hybridized carbons (Fsp3) is 0.375. The van der Waals surface area contributed by atoms with E-state index in [0.29, 0.717) is 12.6 Å². The Kier molecular flexibility index (Phi) is 5.16. The van der Waals surface area contributed by atoms with Gasteiger partial charge in [-0.2, -0.15) is 5.10 Å². The molecular formula is C16H23N5O. The van der Waals surface area contributed by atoms with Crippen molar-refractivity contribution in [2.24, 2.45) is 7.05 Å². The first-order valence-electron chi connectivity index (χ1n) is 7.30. The Morgan fingerprint density at radius 2 is 2.05 bits per heavy atom. The summed E-state index contributed by atoms with van der Waals surface area (Å²) in [6, 6.07) is 7.97. The molecule has 0 unspecified atom stereocenters. The Bertz CT molecular complexity index is 635. The summed E-state index contributed by atoms with van der Waals surface area (Å²) in [7, 11) is 3.80. The molecule has 1 aromatic carbocycles. The first kappa shape index (κ1) is 16.0. The number of carbonyl (C=O) groups excluding carboxylic acids is 1. The van der Waals surface area contributed by atoms with E-state index in [1.807, 2.05) is 49.5 Å². The van der Waals surface area contributed by atoms with E-state index in [-0.39, 0.29) is 5.91 Å². The van der Waals surface area contributed by atoms with Crippen molar-refractivity contribution in [3.8, 4) is 0 Å². The number of anilines is 3. The molecule has 0 saturated heterocycles. The highest BCUT2D eigenvalue weighted by Crippen LogP contribution is 2.19. The maximum absolute atomic E-state index is 12.0. The Balaban J connectivity index is 1.97. The molecule has 0 aliphatic rings. The molecule has 118 valence electrons. The monoisotopic (exact) mass is 301 g/mol. The van der Waals surface area contributed by atoms with Crippen molar-refractivity contribution in [1.29, 1.82) is 0 Å². The van der Waals surface area contributed by atoms with Crippen LogP contribution >= 0.6 is 0 Å². The molecular weight excluding hydrogens is 278 g/mol. The number of nitrogens with one attached hydrogen (secondary N) is 2. The van der Waals surface area contributed by atoms with Crippen molar-refractivity contribution >= 4 is 23.0 Å². The Morgan fingerprint density at radius 3 is 2.68 bits per heavy atom. The summed E-state index contributed by atoms with van der Waals surface area (Å²) in [6.45, 7) is 4.50. The third-order valence-corrected chi connectivity index (χ3v) is 3.41. The minimum absolute atomic E-state index is 0.0188. The highest BCUT2D eigenvalue weighted by molar-refractivity contribution is 5.92. The molecule has 1 aromatic heterocycles. The Labute approximate surface area is 131 Å². The zero-order valence-electron chi connectivity index (χ0n) is 13.5. The van der Waals surface area contributed by atoms with Gasteiger partial charge in [-0.15, -0.1) is 0 Å². The molecule has 2 aromatic rings. The van der Waals surface area contributed by atoms with E-state index in [0.717, 1.165) is 17.1 Å². The number of aromatic nitrogens is 2. The second-order valence-corrected chi connectivity index (χ2v) is 5.67. The Morgan fingerprint density at radius 1 is 1.32 bits per heavy atom. The van der Waals surface area contributed by atoms with Crippen LogP contribution in [0.4, 0.5) is 17.1 Å². The van der Waals surface area contributed by atoms with Crippen LogP contribution in [0.2, 0.25) is 0 Å². The summed E-state index contributed by atoms with van der Waals surface area (Å²) < 4.78 is 1.73. The molecule has 0 fully saturated rings. The van der Waals surface area contributed by atoms with Crippen molar-refractivity contribution in [2.75, 3.05) is 24.2 Å². The van der Waals surface area contributed by atoms with E-state index in [1.54, 1.807) is 10.9 Å². The van der Waals surface area contributed by atoms with Gasteiger partial charge < -0.3 is 10.6 Å². The van der Waals surface area contributed by atoms with Gasteiger partial charge in [0.15, 0.2) is 0 Å². The molecule has 22 heavy (non-hydrogen) atoms. The van der Waals surface area contributed by atoms with Crippen LogP contribution in [0.5, 0.6) is 0 Å². The van der Waals surface area contributed by atoms with Crippen molar-refractivity contribution in [2.45, 2.75) is 19.9 Å². The molecule has 2 N–H and O–H groups in total. The molecule has 1 amide bonds. The topological polar surface area (TPSA) is 62.2 Å². The van der Waals surface area contributed by atoms with Crippen molar-refractivity contribution in [1.82, 2.24) is 14.7 Å². The lowest BCUT2D eigenvalue weighted by molar-refractivity contribution is -0.117. The lowest BCUT2D eigenvalue weighted by Crippen LogP contribution is -2.34. The van der Waals surface area contributed by atoms with Gasteiger partial charge >= 0.3 is 0 Å². The van der Waals surface area contributed by atoms with Crippen LogP contribution in [0.3, 0.4) is 0 Å². The highest BCUT2D eigenvalue weighted by Gasteiger charge is 2.09. The summed E-state index contributed by atoms with van der Waals surface area (Å²) in [5.41, 5.74) is 2.59. The maximum Gasteiger partial charge on any atom is 0.238 e. The summed E-state index contributed by atoms with van der Waals surface area (Å²) in [4.78, 5) is 14.0. The van der Waals surface area contributed by atoms with E-state index < -0.39 is 0 Å². The quantitative estimate of drug-likeness (QED) is 0.860. The number of likely N-dealkylation sites (N-methyl/N-ethyl adjacent to an activating group) is 1. The van der Waals surface area contributed by atoms with Gasteiger partial charge in [-0.25, -0.2) is 0 Å². The fourth-order valence-corrected chi connectivity index (χ4v) is 1.94. The van der Waals surface area contributed by atoms with Gasteiger partial charge in [0.25, 0.3) is 0 Å². The second kappa shape index (κ2) is 7.09. The van der Waals surface area contributed by atoms with E-state index >= 15 is 0 Å². The van der Waals surface area contributed by atoms with Crippen LogP contribution in [0, 0.1) is 0 Å². The number of amides is 1. The number of carbonyl (C=O) groups is 1. The molecule has 2 rings (SSSR count). The van der Waals surface area contributed by atoms with E-state index in [2.05, 4.69) is 29.6 Å². The fourth-order valence-electron chi connectivity index (χ4n) is 1.94. The maximum atomic E-state index is 12.0. The van der Waals surface area contributed by atoms with Crippen molar-refractivity contribution < 1.29 is 4.79 Å². The third kappa shape index (κ3) is 4.60. The normalized spacial score (nSPS) is 11.0. The summed E-state index contributed by atoms with van der Waals surface area (Å²) >= 11 is 0. The molecule has 0 radical (unpaired) electrons. The Hall–Kier alpha value is -2.34. The minimum atomic E-state index is -0.0188. The van der Waals surface area contributed by atoms with Crippen LogP contribution in [0.1, 0.15) is 13.8 Å². The second-order valence-electron chi connectivity index (χ2n) is 5.67. The smallest absolute Gasteiger partial charge is 0.238 e. The number of aryl methyl sites for hydroxylation is 1. The van der Waals surface area contributed by atoms with Crippen LogP contribution in [-0.4, -0.2) is 40.2 Å². The molecule has 0 aliphatic heterocycles. The largest absolute Gasteiger partial charge is 0.353 e. The van der Waals surface area contributed by atoms with Gasteiger partial charge in [-0.05, 0) is 39.1 Å².